The summed E-state index contributed by atoms with van der Waals surface area (Å²) < 4.78 is 0. The van der Waals surface area contributed by atoms with Crippen molar-refractivity contribution >= 4 is 0 Å². The molecule has 2 unspecified atom stereocenters. The fourth-order valence-electron chi connectivity index (χ4n) is 2.93. The Morgan fingerprint density at radius 1 is 1.29 bits per heavy atom. The molecule has 0 heterocycles. The fraction of sp³-hybridized carbons (Fsp3) is 1.00. The Hall–Kier alpha value is -0.0400. The Balaban J connectivity index is 2.46. The van der Waals surface area contributed by atoms with E-state index in [2.05, 4.69) is 20.8 Å². The lowest BCUT2D eigenvalue weighted by Gasteiger charge is -2.30. The van der Waals surface area contributed by atoms with Crippen LogP contribution < -0.4 is 5.73 Å². The van der Waals surface area contributed by atoms with E-state index in [1.165, 1.54) is 44.9 Å². The smallest absolute Gasteiger partial charge is 0.0156 e. The van der Waals surface area contributed by atoms with Crippen LogP contribution in [0.1, 0.15) is 65.7 Å². The molecule has 1 saturated carbocycles. The van der Waals surface area contributed by atoms with Gasteiger partial charge in [0.25, 0.3) is 0 Å². The summed E-state index contributed by atoms with van der Waals surface area (Å²) in [7, 11) is 0. The molecular weight excluding hydrogens is 170 g/mol. The first-order valence-electron chi connectivity index (χ1n) is 6.34. The molecule has 84 valence electrons. The largest absolute Gasteiger partial charge is 0.325 e. The second kappa shape index (κ2) is 5.16. The van der Waals surface area contributed by atoms with Crippen LogP contribution >= 0.6 is 0 Å². The average molecular weight is 197 g/mol. The molecule has 0 bridgehead atoms. The molecule has 14 heavy (non-hydrogen) atoms. The van der Waals surface area contributed by atoms with Crippen LogP contribution in [0.15, 0.2) is 0 Å². The van der Waals surface area contributed by atoms with Crippen molar-refractivity contribution in [1.29, 1.82) is 0 Å². The summed E-state index contributed by atoms with van der Waals surface area (Å²) >= 11 is 0. The molecule has 0 aromatic heterocycles. The molecule has 0 amide bonds. The monoisotopic (exact) mass is 197 g/mol. The lowest BCUT2D eigenvalue weighted by Crippen LogP contribution is -2.40. The molecule has 1 aliphatic rings. The summed E-state index contributed by atoms with van der Waals surface area (Å²) in [5.41, 5.74) is 6.64. The van der Waals surface area contributed by atoms with Crippen molar-refractivity contribution in [3.05, 3.63) is 0 Å². The highest BCUT2D eigenvalue weighted by Crippen LogP contribution is 2.33. The predicted octanol–water partition coefficient (Wildman–Crippen LogP) is 3.72. The van der Waals surface area contributed by atoms with Crippen LogP contribution in [0.2, 0.25) is 0 Å². The van der Waals surface area contributed by atoms with Gasteiger partial charge in [0, 0.05) is 5.54 Å². The Morgan fingerprint density at radius 2 is 2.00 bits per heavy atom. The van der Waals surface area contributed by atoms with E-state index in [0.717, 1.165) is 11.8 Å². The fourth-order valence-corrected chi connectivity index (χ4v) is 2.93. The van der Waals surface area contributed by atoms with Crippen molar-refractivity contribution in [1.82, 2.24) is 0 Å². The van der Waals surface area contributed by atoms with Crippen LogP contribution in [-0.2, 0) is 0 Å². The van der Waals surface area contributed by atoms with E-state index in [1.54, 1.807) is 0 Å². The molecule has 1 nitrogen and oxygen atoms in total. The predicted molar refractivity (Wildman–Crippen MR) is 63.2 cm³/mol. The molecule has 0 aliphatic heterocycles. The highest BCUT2D eigenvalue weighted by molar-refractivity contribution is 4.88. The van der Waals surface area contributed by atoms with Crippen LogP contribution in [0.5, 0.6) is 0 Å². The number of hydrogen-bond acceptors (Lipinski definition) is 1. The highest BCUT2D eigenvalue weighted by Gasteiger charge is 2.29. The Labute approximate surface area is 89.5 Å². The van der Waals surface area contributed by atoms with Gasteiger partial charge in [-0.15, -0.1) is 0 Å². The summed E-state index contributed by atoms with van der Waals surface area (Å²) in [4.78, 5) is 0. The van der Waals surface area contributed by atoms with E-state index in [1.807, 2.05) is 0 Å². The third kappa shape index (κ3) is 3.61. The average Bonchev–Trinajstić information content (AvgIpc) is 2.26. The number of rotatable bonds is 3. The van der Waals surface area contributed by atoms with E-state index in [4.69, 9.17) is 5.73 Å². The third-order valence-corrected chi connectivity index (χ3v) is 3.73. The minimum Gasteiger partial charge on any atom is -0.325 e. The van der Waals surface area contributed by atoms with Gasteiger partial charge in [-0.3, -0.25) is 0 Å². The van der Waals surface area contributed by atoms with Gasteiger partial charge in [-0.1, -0.05) is 40.0 Å². The van der Waals surface area contributed by atoms with Gasteiger partial charge in [0.05, 0.1) is 0 Å². The SMILES string of the molecule is CCC1CCCC(N)(CC(C)C)CC1. The van der Waals surface area contributed by atoms with Gasteiger partial charge >= 0.3 is 0 Å². The van der Waals surface area contributed by atoms with E-state index >= 15 is 0 Å². The van der Waals surface area contributed by atoms with Crippen LogP contribution in [0.3, 0.4) is 0 Å². The molecule has 0 radical (unpaired) electrons. The van der Waals surface area contributed by atoms with E-state index in [9.17, 15) is 0 Å². The molecular formula is C13H27N. The normalized spacial score (nSPS) is 34.5. The minimum atomic E-state index is 0.165. The van der Waals surface area contributed by atoms with Gasteiger partial charge in [-0.05, 0) is 37.5 Å². The summed E-state index contributed by atoms with van der Waals surface area (Å²) in [5.74, 6) is 1.70. The second-order valence-electron chi connectivity index (χ2n) is 5.67. The second-order valence-corrected chi connectivity index (χ2v) is 5.67. The molecule has 2 N–H and O–H groups in total. The van der Waals surface area contributed by atoms with Crippen LogP contribution in [0.25, 0.3) is 0 Å². The molecule has 0 spiro atoms. The minimum absolute atomic E-state index is 0.165. The van der Waals surface area contributed by atoms with Crippen LogP contribution in [-0.4, -0.2) is 5.54 Å². The zero-order valence-corrected chi connectivity index (χ0v) is 10.2. The van der Waals surface area contributed by atoms with Crippen molar-refractivity contribution < 1.29 is 0 Å². The van der Waals surface area contributed by atoms with Crippen molar-refractivity contribution in [2.75, 3.05) is 0 Å². The quantitative estimate of drug-likeness (QED) is 0.686. The Morgan fingerprint density at radius 3 is 2.57 bits per heavy atom. The first-order chi connectivity index (χ1) is 6.56. The standard InChI is InChI=1S/C13H27N/c1-4-12-6-5-8-13(14,9-7-12)10-11(2)3/h11-12H,4-10,14H2,1-3H3. The molecule has 0 aromatic rings. The zero-order chi connectivity index (χ0) is 10.6. The van der Waals surface area contributed by atoms with E-state index in [0.29, 0.717) is 0 Å². The summed E-state index contributed by atoms with van der Waals surface area (Å²) in [6.07, 6.45) is 9.18. The lowest BCUT2D eigenvalue weighted by molar-refractivity contribution is 0.298. The van der Waals surface area contributed by atoms with Gasteiger partial charge in [0.2, 0.25) is 0 Å². The summed E-state index contributed by atoms with van der Waals surface area (Å²) in [5, 5.41) is 0. The maximum Gasteiger partial charge on any atom is 0.0156 e. The maximum absolute atomic E-state index is 6.48. The summed E-state index contributed by atoms with van der Waals surface area (Å²) in [6, 6.07) is 0. The molecule has 1 rings (SSSR count). The summed E-state index contributed by atoms with van der Waals surface area (Å²) in [6.45, 7) is 6.89. The Bertz CT molecular complexity index is 165. The van der Waals surface area contributed by atoms with Crippen molar-refractivity contribution in [3.8, 4) is 0 Å². The van der Waals surface area contributed by atoms with Gasteiger partial charge < -0.3 is 5.73 Å². The van der Waals surface area contributed by atoms with E-state index in [-0.39, 0.29) is 5.54 Å². The number of hydrogen-bond donors (Lipinski definition) is 1. The third-order valence-electron chi connectivity index (χ3n) is 3.73. The molecule has 1 aliphatic carbocycles. The van der Waals surface area contributed by atoms with Crippen LogP contribution in [0, 0.1) is 11.8 Å². The van der Waals surface area contributed by atoms with E-state index < -0.39 is 0 Å². The molecule has 0 aromatic carbocycles. The maximum atomic E-state index is 6.48. The van der Waals surface area contributed by atoms with Crippen LogP contribution in [0.4, 0.5) is 0 Å². The zero-order valence-electron chi connectivity index (χ0n) is 10.2. The molecule has 1 heteroatoms. The van der Waals surface area contributed by atoms with Gasteiger partial charge in [0.1, 0.15) is 0 Å². The van der Waals surface area contributed by atoms with Gasteiger partial charge in [-0.2, -0.15) is 0 Å². The topological polar surface area (TPSA) is 26.0 Å². The first-order valence-corrected chi connectivity index (χ1v) is 6.34. The van der Waals surface area contributed by atoms with Crippen molar-refractivity contribution in [2.24, 2.45) is 17.6 Å². The van der Waals surface area contributed by atoms with Crippen molar-refractivity contribution in [2.45, 2.75) is 71.3 Å². The van der Waals surface area contributed by atoms with Gasteiger partial charge in [-0.25, -0.2) is 0 Å². The molecule has 0 saturated heterocycles. The molecule has 1 fully saturated rings. The Kier molecular flexibility index (Phi) is 4.43. The first kappa shape index (κ1) is 12.0. The van der Waals surface area contributed by atoms with Gasteiger partial charge in [0.15, 0.2) is 0 Å². The highest BCUT2D eigenvalue weighted by atomic mass is 14.7. The lowest BCUT2D eigenvalue weighted by atomic mass is 9.83. The molecule has 2 atom stereocenters. The number of nitrogens with two attached hydrogens (primary N) is 1. The van der Waals surface area contributed by atoms with Crippen molar-refractivity contribution in [3.63, 3.8) is 0 Å².